The van der Waals surface area contributed by atoms with Gasteiger partial charge in [0.05, 0.1) is 6.10 Å². The Morgan fingerprint density at radius 1 is 1.42 bits per heavy atom. The monoisotopic (exact) mass is 325 g/mol. The summed E-state index contributed by atoms with van der Waals surface area (Å²) in [5.74, 6) is 0.638. The second-order valence-corrected chi connectivity index (χ2v) is 6.47. The quantitative estimate of drug-likeness (QED) is 0.874. The molecular weight excluding hydrogens is 306 g/mol. The zero-order valence-electron chi connectivity index (χ0n) is 11.3. The van der Waals surface area contributed by atoms with E-state index < -0.39 is 6.10 Å². The van der Waals surface area contributed by atoms with E-state index >= 15 is 0 Å². The molecule has 0 aromatic heterocycles. The van der Waals surface area contributed by atoms with Crippen molar-refractivity contribution in [1.82, 2.24) is 5.32 Å². The molecule has 0 radical (unpaired) electrons. The number of carbonyl (C=O) groups excluding carboxylic acids is 1. The lowest BCUT2D eigenvalue weighted by Crippen LogP contribution is -2.35. The summed E-state index contributed by atoms with van der Waals surface area (Å²) in [6.07, 6.45) is 0.444. The Hall–Kier alpha value is -0.870. The molecule has 0 aliphatic heterocycles. The number of hydrogen-bond donors (Lipinski definition) is 2. The molecule has 3 unspecified atom stereocenters. The highest BCUT2D eigenvalue weighted by molar-refractivity contribution is 9.10. The summed E-state index contributed by atoms with van der Waals surface area (Å²) in [4.78, 5) is 12.0. The molecule has 1 saturated carbocycles. The molecule has 0 bridgehead atoms. The van der Waals surface area contributed by atoms with E-state index in [1.165, 1.54) is 5.56 Å². The smallest absolute Gasteiger partial charge is 0.223 e. The summed E-state index contributed by atoms with van der Waals surface area (Å²) in [6.45, 7) is 4.23. The fourth-order valence-corrected chi connectivity index (χ4v) is 2.40. The zero-order valence-corrected chi connectivity index (χ0v) is 12.9. The third-order valence-corrected chi connectivity index (χ3v) is 4.21. The summed E-state index contributed by atoms with van der Waals surface area (Å²) >= 11 is 3.41. The van der Waals surface area contributed by atoms with Gasteiger partial charge in [0, 0.05) is 16.9 Å². The van der Waals surface area contributed by atoms with Crippen LogP contribution >= 0.6 is 15.9 Å². The van der Waals surface area contributed by atoms with Crippen LogP contribution in [-0.4, -0.2) is 23.7 Å². The van der Waals surface area contributed by atoms with Crippen LogP contribution in [0.3, 0.4) is 0 Å². The van der Waals surface area contributed by atoms with Gasteiger partial charge in [0.15, 0.2) is 0 Å². The third-order valence-electron chi connectivity index (χ3n) is 3.68. The highest BCUT2D eigenvalue weighted by atomic mass is 79.9. The van der Waals surface area contributed by atoms with Gasteiger partial charge in [-0.15, -0.1) is 0 Å². The number of rotatable bonds is 5. The molecule has 104 valence electrons. The minimum absolute atomic E-state index is 0.0626. The van der Waals surface area contributed by atoms with Gasteiger partial charge in [0.25, 0.3) is 0 Å². The molecule has 1 aromatic carbocycles. The van der Waals surface area contributed by atoms with E-state index in [1.54, 1.807) is 0 Å². The predicted molar refractivity (Wildman–Crippen MR) is 78.8 cm³/mol. The summed E-state index contributed by atoms with van der Waals surface area (Å²) in [6, 6.07) is 8.13. The Morgan fingerprint density at radius 2 is 2.05 bits per heavy atom. The molecule has 0 spiro atoms. The van der Waals surface area contributed by atoms with Crippen LogP contribution in [0.15, 0.2) is 28.7 Å². The van der Waals surface area contributed by atoms with Crippen molar-refractivity contribution in [3.8, 4) is 0 Å². The van der Waals surface area contributed by atoms with Crippen LogP contribution in [0.4, 0.5) is 0 Å². The Labute approximate surface area is 122 Å². The maximum Gasteiger partial charge on any atom is 0.223 e. The van der Waals surface area contributed by atoms with Crippen LogP contribution < -0.4 is 5.32 Å². The Morgan fingerprint density at radius 3 is 2.63 bits per heavy atom. The van der Waals surface area contributed by atoms with Crippen molar-refractivity contribution in [2.45, 2.75) is 32.3 Å². The van der Waals surface area contributed by atoms with Gasteiger partial charge in [-0.3, -0.25) is 4.79 Å². The Bertz CT molecular complexity index is 444. The molecule has 0 heterocycles. The highest BCUT2D eigenvalue weighted by Crippen LogP contribution is 2.47. The molecule has 1 aromatic rings. The van der Waals surface area contributed by atoms with Gasteiger partial charge in [0.2, 0.25) is 5.91 Å². The number of aliphatic hydroxyl groups excluding tert-OH is 1. The van der Waals surface area contributed by atoms with E-state index in [0.717, 1.165) is 10.9 Å². The van der Waals surface area contributed by atoms with Crippen LogP contribution in [0.5, 0.6) is 0 Å². The normalized spacial score (nSPS) is 23.2. The van der Waals surface area contributed by atoms with Gasteiger partial charge in [-0.05, 0) is 36.0 Å². The Kier molecular flexibility index (Phi) is 4.63. The lowest BCUT2D eigenvalue weighted by atomic mass is 10.1. The fourth-order valence-electron chi connectivity index (χ4n) is 2.14. The van der Waals surface area contributed by atoms with Crippen LogP contribution in [0.1, 0.15) is 31.7 Å². The van der Waals surface area contributed by atoms with Crippen LogP contribution in [0, 0.1) is 11.8 Å². The second kappa shape index (κ2) is 6.06. The number of halogens is 1. The van der Waals surface area contributed by atoms with E-state index in [-0.39, 0.29) is 17.7 Å². The molecule has 1 amide bonds. The second-order valence-electron chi connectivity index (χ2n) is 5.56. The summed E-state index contributed by atoms with van der Waals surface area (Å²) < 4.78 is 1.05. The summed E-state index contributed by atoms with van der Waals surface area (Å²) in [5, 5.41) is 12.5. The van der Waals surface area contributed by atoms with Crippen molar-refractivity contribution >= 4 is 21.8 Å². The van der Waals surface area contributed by atoms with E-state index in [1.807, 2.05) is 26.0 Å². The first kappa shape index (κ1) is 14.5. The number of carbonyl (C=O) groups is 1. The fraction of sp³-hybridized carbons (Fsp3) is 0.533. The molecule has 3 atom stereocenters. The molecule has 2 N–H and O–H groups in total. The standard InChI is InChI=1S/C15H20BrNO2/c1-9(2)14(18)8-17-15(19)13-7-12(13)10-3-5-11(16)6-4-10/h3-6,9,12-14,18H,7-8H2,1-2H3,(H,17,19). The first-order valence-corrected chi connectivity index (χ1v) is 7.49. The average molecular weight is 326 g/mol. The number of nitrogens with one attached hydrogen (secondary N) is 1. The summed E-state index contributed by atoms with van der Waals surface area (Å²) in [5.41, 5.74) is 1.22. The lowest BCUT2D eigenvalue weighted by Gasteiger charge is -2.15. The number of benzene rings is 1. The highest BCUT2D eigenvalue weighted by Gasteiger charge is 2.43. The van der Waals surface area contributed by atoms with E-state index in [2.05, 4.69) is 33.4 Å². The van der Waals surface area contributed by atoms with Gasteiger partial charge in [-0.25, -0.2) is 0 Å². The minimum atomic E-state index is -0.464. The van der Waals surface area contributed by atoms with Gasteiger partial charge >= 0.3 is 0 Å². The van der Waals surface area contributed by atoms with Crippen LogP contribution in [-0.2, 0) is 4.79 Å². The average Bonchev–Trinajstić information content (AvgIpc) is 3.16. The SMILES string of the molecule is CC(C)C(O)CNC(=O)C1CC1c1ccc(Br)cc1. The van der Waals surface area contributed by atoms with E-state index in [4.69, 9.17) is 0 Å². The van der Waals surface area contributed by atoms with Crippen molar-refractivity contribution in [3.63, 3.8) is 0 Å². The maximum atomic E-state index is 12.0. The topological polar surface area (TPSA) is 49.3 Å². The summed E-state index contributed by atoms with van der Waals surface area (Å²) in [7, 11) is 0. The Balaban J connectivity index is 1.82. The van der Waals surface area contributed by atoms with Crippen molar-refractivity contribution in [2.75, 3.05) is 6.54 Å². The van der Waals surface area contributed by atoms with Crippen LogP contribution in [0.25, 0.3) is 0 Å². The van der Waals surface area contributed by atoms with E-state index in [9.17, 15) is 9.90 Å². The first-order valence-electron chi connectivity index (χ1n) is 6.70. The van der Waals surface area contributed by atoms with Gasteiger partial charge in [0.1, 0.15) is 0 Å². The zero-order chi connectivity index (χ0) is 14.0. The molecule has 2 rings (SSSR count). The van der Waals surface area contributed by atoms with E-state index in [0.29, 0.717) is 12.5 Å². The van der Waals surface area contributed by atoms with Gasteiger partial charge in [-0.2, -0.15) is 0 Å². The first-order chi connectivity index (χ1) is 8.99. The third kappa shape index (κ3) is 3.80. The molecule has 0 saturated heterocycles. The largest absolute Gasteiger partial charge is 0.391 e. The number of hydrogen-bond acceptors (Lipinski definition) is 2. The maximum absolute atomic E-state index is 12.0. The molecule has 1 aliphatic rings. The van der Waals surface area contributed by atoms with Gasteiger partial charge in [-0.1, -0.05) is 41.9 Å². The predicted octanol–water partition coefficient (Wildman–Crippen LogP) is 2.69. The molecule has 1 aliphatic carbocycles. The van der Waals surface area contributed by atoms with Crippen molar-refractivity contribution in [3.05, 3.63) is 34.3 Å². The number of amides is 1. The lowest BCUT2D eigenvalue weighted by molar-refractivity contribution is -0.123. The molecular formula is C15H20BrNO2. The van der Waals surface area contributed by atoms with Gasteiger partial charge < -0.3 is 10.4 Å². The van der Waals surface area contributed by atoms with Crippen LogP contribution in [0.2, 0.25) is 0 Å². The van der Waals surface area contributed by atoms with Crippen molar-refractivity contribution < 1.29 is 9.90 Å². The number of aliphatic hydroxyl groups is 1. The van der Waals surface area contributed by atoms with Crippen molar-refractivity contribution in [2.24, 2.45) is 11.8 Å². The molecule has 1 fully saturated rings. The minimum Gasteiger partial charge on any atom is -0.391 e. The molecule has 3 nitrogen and oxygen atoms in total. The molecule has 4 heteroatoms. The van der Waals surface area contributed by atoms with Crippen molar-refractivity contribution in [1.29, 1.82) is 0 Å². The molecule has 19 heavy (non-hydrogen) atoms.